The standard InChI is InChI=1S/C11H11ClN4O4S/c1-16(5-10-13-6-14-15-10)21(19,20)7-2-3-8(11(17)18)9(12)4-7/h2-4,6H,5H2,1H3,(H,17,18)(H,13,14,15). The predicted octanol–water partition coefficient (Wildman–Crippen LogP) is 0.977. The van der Waals surface area contributed by atoms with Crippen LogP contribution in [0.3, 0.4) is 0 Å². The van der Waals surface area contributed by atoms with Gasteiger partial charge in [0.2, 0.25) is 10.0 Å². The summed E-state index contributed by atoms with van der Waals surface area (Å²) >= 11 is 5.79. The molecular formula is C11H11ClN4O4S. The summed E-state index contributed by atoms with van der Waals surface area (Å²) in [7, 11) is -2.44. The first-order valence-electron chi connectivity index (χ1n) is 5.66. The number of hydrogen-bond donors (Lipinski definition) is 2. The fourth-order valence-corrected chi connectivity index (χ4v) is 3.10. The van der Waals surface area contributed by atoms with E-state index in [0.717, 1.165) is 16.4 Å². The molecule has 1 aromatic heterocycles. The van der Waals surface area contributed by atoms with E-state index in [-0.39, 0.29) is 22.0 Å². The van der Waals surface area contributed by atoms with Crippen LogP contribution in [0.5, 0.6) is 0 Å². The normalized spacial score (nSPS) is 11.8. The van der Waals surface area contributed by atoms with Crippen molar-refractivity contribution in [1.29, 1.82) is 0 Å². The lowest BCUT2D eigenvalue weighted by molar-refractivity contribution is 0.0697. The number of hydrogen-bond acceptors (Lipinski definition) is 5. The van der Waals surface area contributed by atoms with Crippen LogP contribution >= 0.6 is 11.6 Å². The highest BCUT2D eigenvalue weighted by molar-refractivity contribution is 7.89. The average Bonchev–Trinajstić information content (AvgIpc) is 2.90. The lowest BCUT2D eigenvalue weighted by atomic mass is 10.2. The van der Waals surface area contributed by atoms with Crippen molar-refractivity contribution >= 4 is 27.6 Å². The smallest absolute Gasteiger partial charge is 0.337 e. The Morgan fingerprint density at radius 1 is 1.48 bits per heavy atom. The lowest BCUT2D eigenvalue weighted by Crippen LogP contribution is -2.27. The Bertz CT molecular complexity index is 761. The summed E-state index contributed by atoms with van der Waals surface area (Å²) in [6, 6.07) is 3.46. The molecular weight excluding hydrogens is 320 g/mol. The molecule has 2 N–H and O–H groups in total. The summed E-state index contributed by atoms with van der Waals surface area (Å²) in [6.45, 7) is 0.000629. The predicted molar refractivity (Wildman–Crippen MR) is 73.4 cm³/mol. The summed E-state index contributed by atoms with van der Waals surface area (Å²) in [4.78, 5) is 14.6. The van der Waals surface area contributed by atoms with E-state index in [0.29, 0.717) is 5.82 Å². The first-order valence-corrected chi connectivity index (χ1v) is 7.47. The van der Waals surface area contributed by atoms with Crippen LogP contribution < -0.4 is 0 Å². The van der Waals surface area contributed by atoms with Crippen LogP contribution in [-0.4, -0.2) is 46.0 Å². The highest BCUT2D eigenvalue weighted by Gasteiger charge is 2.23. The van der Waals surface area contributed by atoms with Gasteiger partial charge in [-0.2, -0.15) is 9.40 Å². The van der Waals surface area contributed by atoms with E-state index in [1.54, 1.807) is 0 Å². The van der Waals surface area contributed by atoms with Gasteiger partial charge in [-0.3, -0.25) is 5.10 Å². The molecule has 0 amide bonds. The van der Waals surface area contributed by atoms with Crippen LogP contribution in [0.15, 0.2) is 29.4 Å². The molecule has 0 saturated heterocycles. The maximum Gasteiger partial charge on any atom is 0.337 e. The monoisotopic (exact) mass is 330 g/mol. The van der Waals surface area contributed by atoms with Crippen molar-refractivity contribution in [3.05, 3.63) is 40.9 Å². The molecule has 0 saturated carbocycles. The molecule has 1 aromatic carbocycles. The van der Waals surface area contributed by atoms with Crippen LogP contribution in [0.4, 0.5) is 0 Å². The summed E-state index contributed by atoms with van der Waals surface area (Å²) in [5, 5.41) is 14.9. The zero-order valence-corrected chi connectivity index (χ0v) is 12.4. The quantitative estimate of drug-likeness (QED) is 0.844. The van der Waals surface area contributed by atoms with Gasteiger partial charge in [0, 0.05) is 7.05 Å². The van der Waals surface area contributed by atoms with Crippen LogP contribution in [0.25, 0.3) is 0 Å². The molecule has 2 rings (SSSR count). The Balaban J connectivity index is 2.31. The summed E-state index contributed by atoms with van der Waals surface area (Å²) in [5.41, 5.74) is -0.159. The number of H-pyrrole nitrogens is 1. The van der Waals surface area contributed by atoms with Crippen LogP contribution in [0.1, 0.15) is 16.2 Å². The van der Waals surface area contributed by atoms with Crippen molar-refractivity contribution in [1.82, 2.24) is 19.5 Å². The summed E-state index contributed by atoms with van der Waals surface area (Å²) in [6.07, 6.45) is 1.27. The second kappa shape index (κ2) is 5.80. The third-order valence-electron chi connectivity index (χ3n) is 2.72. The second-order valence-electron chi connectivity index (χ2n) is 4.14. The molecule has 21 heavy (non-hydrogen) atoms. The lowest BCUT2D eigenvalue weighted by Gasteiger charge is -2.16. The zero-order valence-electron chi connectivity index (χ0n) is 10.8. The topological polar surface area (TPSA) is 116 Å². The SMILES string of the molecule is CN(Cc1ncn[nH]1)S(=O)(=O)c1ccc(C(=O)O)c(Cl)c1. The summed E-state index contributed by atoms with van der Waals surface area (Å²) in [5.74, 6) is -0.840. The molecule has 0 aliphatic rings. The third kappa shape index (κ3) is 3.20. The van der Waals surface area contributed by atoms with E-state index >= 15 is 0 Å². The van der Waals surface area contributed by atoms with Crippen LogP contribution in [0.2, 0.25) is 5.02 Å². The number of carboxylic acids is 1. The largest absolute Gasteiger partial charge is 0.478 e. The number of nitrogens with one attached hydrogen (secondary N) is 1. The minimum atomic E-state index is -3.81. The Morgan fingerprint density at radius 2 is 2.19 bits per heavy atom. The molecule has 0 aliphatic carbocycles. The molecule has 0 aliphatic heterocycles. The van der Waals surface area contributed by atoms with Gasteiger partial charge in [0.1, 0.15) is 12.2 Å². The van der Waals surface area contributed by atoms with E-state index in [4.69, 9.17) is 16.7 Å². The van der Waals surface area contributed by atoms with Gasteiger partial charge in [-0.05, 0) is 18.2 Å². The number of carbonyl (C=O) groups is 1. The molecule has 0 fully saturated rings. The number of halogens is 1. The van der Waals surface area contributed by atoms with Gasteiger partial charge in [0.25, 0.3) is 0 Å². The number of aromatic amines is 1. The fourth-order valence-electron chi connectivity index (χ4n) is 1.61. The van der Waals surface area contributed by atoms with E-state index in [9.17, 15) is 13.2 Å². The molecule has 8 nitrogen and oxygen atoms in total. The molecule has 0 spiro atoms. The van der Waals surface area contributed by atoms with Crippen LogP contribution in [0, 0.1) is 0 Å². The number of benzene rings is 1. The fraction of sp³-hybridized carbons (Fsp3) is 0.182. The first-order chi connectivity index (χ1) is 9.82. The molecule has 0 atom stereocenters. The van der Waals surface area contributed by atoms with Crippen molar-refractivity contribution in [2.24, 2.45) is 0 Å². The molecule has 0 bridgehead atoms. The van der Waals surface area contributed by atoms with E-state index in [2.05, 4.69) is 15.2 Å². The van der Waals surface area contributed by atoms with Gasteiger partial charge in [-0.25, -0.2) is 18.2 Å². The van der Waals surface area contributed by atoms with Crippen LogP contribution in [-0.2, 0) is 16.6 Å². The molecule has 112 valence electrons. The molecule has 0 unspecified atom stereocenters. The number of rotatable bonds is 5. The van der Waals surface area contributed by atoms with Crippen molar-refractivity contribution in [2.75, 3.05) is 7.05 Å². The molecule has 0 radical (unpaired) electrons. The van der Waals surface area contributed by atoms with Gasteiger partial charge in [-0.1, -0.05) is 11.6 Å². The van der Waals surface area contributed by atoms with E-state index in [1.807, 2.05) is 0 Å². The van der Waals surface area contributed by atoms with Crippen molar-refractivity contribution in [3.8, 4) is 0 Å². The van der Waals surface area contributed by atoms with Crippen molar-refractivity contribution in [3.63, 3.8) is 0 Å². The van der Waals surface area contributed by atoms with Gasteiger partial charge < -0.3 is 5.11 Å². The minimum absolute atomic E-state index is 0.000629. The number of aromatic carboxylic acids is 1. The first kappa shape index (κ1) is 15.4. The van der Waals surface area contributed by atoms with Gasteiger partial charge >= 0.3 is 5.97 Å². The highest BCUT2D eigenvalue weighted by atomic mass is 35.5. The van der Waals surface area contributed by atoms with Gasteiger partial charge in [0.15, 0.2) is 0 Å². The number of aromatic nitrogens is 3. The Hall–Kier alpha value is -1.97. The van der Waals surface area contributed by atoms with E-state index in [1.165, 1.54) is 19.4 Å². The van der Waals surface area contributed by atoms with Crippen molar-refractivity contribution in [2.45, 2.75) is 11.4 Å². The molecule has 2 aromatic rings. The Morgan fingerprint density at radius 3 is 2.71 bits per heavy atom. The maximum atomic E-state index is 12.3. The Kier molecular flexibility index (Phi) is 4.26. The zero-order chi connectivity index (χ0) is 15.6. The van der Waals surface area contributed by atoms with Gasteiger partial charge in [0.05, 0.1) is 22.0 Å². The average molecular weight is 331 g/mol. The highest BCUT2D eigenvalue weighted by Crippen LogP contribution is 2.23. The second-order valence-corrected chi connectivity index (χ2v) is 6.59. The third-order valence-corrected chi connectivity index (χ3v) is 4.83. The number of carboxylic acid groups (broad SMARTS) is 1. The number of nitrogens with zero attached hydrogens (tertiary/aromatic N) is 3. The Labute approximate surface area is 125 Å². The van der Waals surface area contributed by atoms with E-state index < -0.39 is 16.0 Å². The summed E-state index contributed by atoms with van der Waals surface area (Å²) < 4.78 is 25.8. The minimum Gasteiger partial charge on any atom is -0.478 e. The maximum absolute atomic E-state index is 12.3. The van der Waals surface area contributed by atoms with Gasteiger partial charge in [-0.15, -0.1) is 0 Å². The molecule has 10 heteroatoms. The number of sulfonamides is 1. The molecule has 1 heterocycles. The van der Waals surface area contributed by atoms with Crippen molar-refractivity contribution < 1.29 is 18.3 Å².